The van der Waals surface area contributed by atoms with E-state index < -0.39 is 24.6 Å². The summed E-state index contributed by atoms with van der Waals surface area (Å²) in [5, 5.41) is 22.6. The van der Waals surface area contributed by atoms with E-state index >= 15 is 0 Å². The molecule has 0 aromatic heterocycles. The Bertz CT molecular complexity index is 317. The molecular weight excluding hydrogens is 236 g/mol. The van der Waals surface area contributed by atoms with Crippen LogP contribution in [0.2, 0.25) is 0 Å². The van der Waals surface area contributed by atoms with Crippen molar-refractivity contribution in [3.63, 3.8) is 0 Å². The molecule has 0 saturated heterocycles. The number of aliphatic carboxylic acids is 1. The van der Waals surface area contributed by atoms with E-state index in [2.05, 4.69) is 24.5 Å². The fourth-order valence-corrected chi connectivity index (χ4v) is 2.31. The first-order valence-corrected chi connectivity index (χ1v) is 6.27. The normalized spacial score (nSPS) is 24.1. The summed E-state index contributed by atoms with van der Waals surface area (Å²) >= 11 is 0. The summed E-state index contributed by atoms with van der Waals surface area (Å²) in [6.07, 6.45) is 4.16. The third kappa shape index (κ3) is 3.87. The second-order valence-electron chi connectivity index (χ2n) is 5.48. The van der Waals surface area contributed by atoms with Crippen molar-refractivity contribution in [2.24, 2.45) is 5.41 Å². The van der Waals surface area contributed by atoms with E-state index in [9.17, 15) is 9.59 Å². The Labute approximate surface area is 107 Å². The van der Waals surface area contributed by atoms with Gasteiger partial charge in [0.05, 0.1) is 6.61 Å². The van der Waals surface area contributed by atoms with Crippen molar-refractivity contribution in [3.05, 3.63) is 0 Å². The van der Waals surface area contributed by atoms with Crippen LogP contribution in [-0.4, -0.2) is 40.9 Å². The van der Waals surface area contributed by atoms with Crippen LogP contribution < -0.4 is 10.6 Å². The Morgan fingerprint density at radius 2 is 2.06 bits per heavy atom. The molecule has 0 aliphatic heterocycles. The van der Waals surface area contributed by atoms with Gasteiger partial charge in [0.25, 0.3) is 0 Å². The standard InChI is InChI=1S/C12H22N2O4/c1-12(2)6-4-3-5-9(12)14-11(18)13-8(7-15)10(16)17/h8-9,15H,3-7H2,1-2H3,(H,16,17)(H2,13,14,18)/t8-,9?/m1/s1. The molecule has 2 amide bonds. The molecule has 0 aromatic rings. The van der Waals surface area contributed by atoms with Crippen LogP contribution in [0.1, 0.15) is 39.5 Å². The van der Waals surface area contributed by atoms with E-state index in [1.807, 2.05) is 0 Å². The number of carboxylic acid groups (broad SMARTS) is 1. The molecule has 6 nitrogen and oxygen atoms in total. The van der Waals surface area contributed by atoms with Crippen LogP contribution >= 0.6 is 0 Å². The lowest BCUT2D eigenvalue weighted by atomic mass is 9.73. The smallest absolute Gasteiger partial charge is 0.328 e. The Kier molecular flexibility index (Phi) is 4.95. The minimum Gasteiger partial charge on any atom is -0.480 e. The molecule has 6 heteroatoms. The zero-order valence-electron chi connectivity index (χ0n) is 10.9. The summed E-state index contributed by atoms with van der Waals surface area (Å²) in [5.41, 5.74) is 0.0214. The van der Waals surface area contributed by atoms with E-state index in [4.69, 9.17) is 10.2 Å². The molecule has 0 heterocycles. The summed E-state index contributed by atoms with van der Waals surface area (Å²) in [6, 6.07) is -1.74. The number of carboxylic acids is 1. The zero-order chi connectivity index (χ0) is 13.8. The second kappa shape index (κ2) is 6.04. The number of amides is 2. The number of urea groups is 1. The van der Waals surface area contributed by atoms with E-state index in [0.717, 1.165) is 25.7 Å². The fourth-order valence-electron chi connectivity index (χ4n) is 2.31. The van der Waals surface area contributed by atoms with Gasteiger partial charge < -0.3 is 20.8 Å². The highest BCUT2D eigenvalue weighted by Gasteiger charge is 2.33. The van der Waals surface area contributed by atoms with Crippen molar-refractivity contribution >= 4 is 12.0 Å². The van der Waals surface area contributed by atoms with Crippen molar-refractivity contribution in [3.8, 4) is 0 Å². The molecule has 2 atom stereocenters. The Hall–Kier alpha value is -1.30. The molecule has 104 valence electrons. The molecule has 0 aromatic carbocycles. The number of hydrogen-bond donors (Lipinski definition) is 4. The number of carbonyl (C=O) groups excluding carboxylic acids is 1. The molecule has 18 heavy (non-hydrogen) atoms. The number of hydrogen-bond acceptors (Lipinski definition) is 3. The van der Waals surface area contributed by atoms with E-state index in [-0.39, 0.29) is 11.5 Å². The first-order chi connectivity index (χ1) is 8.36. The van der Waals surface area contributed by atoms with Gasteiger partial charge in [-0.25, -0.2) is 9.59 Å². The molecule has 0 spiro atoms. The Morgan fingerprint density at radius 3 is 2.56 bits per heavy atom. The molecular formula is C12H22N2O4. The van der Waals surface area contributed by atoms with Gasteiger partial charge >= 0.3 is 12.0 Å². The third-order valence-corrected chi connectivity index (χ3v) is 3.60. The highest BCUT2D eigenvalue weighted by molar-refractivity contribution is 5.82. The summed E-state index contributed by atoms with van der Waals surface area (Å²) < 4.78 is 0. The minimum atomic E-state index is -1.25. The van der Waals surface area contributed by atoms with Crippen LogP contribution in [0.3, 0.4) is 0 Å². The summed E-state index contributed by atoms with van der Waals surface area (Å²) in [6.45, 7) is 3.58. The van der Waals surface area contributed by atoms with Gasteiger partial charge in [-0.15, -0.1) is 0 Å². The van der Waals surface area contributed by atoms with Gasteiger partial charge in [0.1, 0.15) is 0 Å². The number of aliphatic hydroxyl groups excluding tert-OH is 1. The Balaban J connectivity index is 2.51. The lowest BCUT2D eigenvalue weighted by Crippen LogP contribution is -2.54. The van der Waals surface area contributed by atoms with Crippen LogP contribution in [0.5, 0.6) is 0 Å². The maximum Gasteiger partial charge on any atom is 0.328 e. The van der Waals surface area contributed by atoms with Crippen LogP contribution in [0.25, 0.3) is 0 Å². The molecule has 0 radical (unpaired) electrons. The molecule has 1 unspecified atom stereocenters. The Morgan fingerprint density at radius 1 is 1.39 bits per heavy atom. The molecule has 1 saturated carbocycles. The lowest BCUT2D eigenvalue weighted by molar-refractivity contribution is -0.140. The van der Waals surface area contributed by atoms with Gasteiger partial charge in [-0.2, -0.15) is 0 Å². The van der Waals surface area contributed by atoms with Gasteiger partial charge in [-0.05, 0) is 18.3 Å². The van der Waals surface area contributed by atoms with Crippen molar-refractivity contribution in [1.82, 2.24) is 10.6 Å². The quantitative estimate of drug-likeness (QED) is 0.596. The zero-order valence-corrected chi connectivity index (χ0v) is 10.9. The average Bonchev–Trinajstić information content (AvgIpc) is 2.28. The van der Waals surface area contributed by atoms with Crippen LogP contribution in [0.4, 0.5) is 4.79 Å². The van der Waals surface area contributed by atoms with E-state index in [0.29, 0.717) is 0 Å². The van der Waals surface area contributed by atoms with E-state index in [1.165, 1.54) is 0 Å². The van der Waals surface area contributed by atoms with Gasteiger partial charge in [0.15, 0.2) is 6.04 Å². The molecule has 1 aliphatic carbocycles. The summed E-state index contributed by atoms with van der Waals surface area (Å²) in [4.78, 5) is 22.4. The topological polar surface area (TPSA) is 98.7 Å². The monoisotopic (exact) mass is 258 g/mol. The molecule has 1 rings (SSSR count). The van der Waals surface area contributed by atoms with Crippen molar-refractivity contribution in [2.75, 3.05) is 6.61 Å². The average molecular weight is 258 g/mol. The van der Waals surface area contributed by atoms with Gasteiger partial charge in [0, 0.05) is 6.04 Å². The van der Waals surface area contributed by atoms with Crippen molar-refractivity contribution < 1.29 is 19.8 Å². The fraction of sp³-hybridized carbons (Fsp3) is 0.833. The number of carbonyl (C=O) groups is 2. The summed E-state index contributed by atoms with van der Waals surface area (Å²) in [7, 11) is 0. The van der Waals surface area contributed by atoms with Gasteiger partial charge in [-0.3, -0.25) is 0 Å². The molecule has 1 aliphatic rings. The lowest BCUT2D eigenvalue weighted by Gasteiger charge is -2.39. The molecule has 0 bridgehead atoms. The highest BCUT2D eigenvalue weighted by atomic mass is 16.4. The number of rotatable bonds is 4. The van der Waals surface area contributed by atoms with Gasteiger partial charge in [-0.1, -0.05) is 26.7 Å². The maximum absolute atomic E-state index is 11.7. The number of aliphatic hydroxyl groups is 1. The highest BCUT2D eigenvalue weighted by Crippen LogP contribution is 2.35. The predicted molar refractivity (Wildman–Crippen MR) is 66.2 cm³/mol. The van der Waals surface area contributed by atoms with Crippen LogP contribution in [0.15, 0.2) is 0 Å². The third-order valence-electron chi connectivity index (χ3n) is 3.60. The molecule has 1 fully saturated rings. The minimum absolute atomic E-state index is 0.0214. The predicted octanol–water partition coefficient (Wildman–Crippen LogP) is 0.700. The second-order valence-corrected chi connectivity index (χ2v) is 5.48. The summed E-state index contributed by atoms with van der Waals surface area (Å²) in [5.74, 6) is -1.24. The first kappa shape index (κ1) is 14.8. The number of nitrogens with one attached hydrogen (secondary N) is 2. The van der Waals surface area contributed by atoms with Crippen LogP contribution in [0, 0.1) is 5.41 Å². The van der Waals surface area contributed by atoms with Crippen LogP contribution in [-0.2, 0) is 4.79 Å². The van der Waals surface area contributed by atoms with E-state index in [1.54, 1.807) is 0 Å². The van der Waals surface area contributed by atoms with Crippen molar-refractivity contribution in [1.29, 1.82) is 0 Å². The molecule has 4 N–H and O–H groups in total. The largest absolute Gasteiger partial charge is 0.480 e. The SMILES string of the molecule is CC1(C)CCCCC1NC(=O)N[C@H](CO)C(=O)O. The van der Waals surface area contributed by atoms with Crippen molar-refractivity contribution in [2.45, 2.75) is 51.6 Å². The van der Waals surface area contributed by atoms with Gasteiger partial charge in [0.2, 0.25) is 0 Å². The first-order valence-electron chi connectivity index (χ1n) is 6.27. The maximum atomic E-state index is 11.7.